The second kappa shape index (κ2) is 9.97. The minimum Gasteiger partial charge on any atom is -0.466 e. The standard InChI is InChI=1S/C9H11BrN2O2.C6H4F2/c1-11-9(5-14-6-13)7-2-8(10)4-12-3-7;7-5-1-2-6(8)4-3-5/h2-4,6,9,11H,5H2,1H3;1-4H. The summed E-state index contributed by atoms with van der Waals surface area (Å²) < 4.78 is 29.4. The average molecular weight is 373 g/mol. The maximum atomic E-state index is 11.9. The highest BCUT2D eigenvalue weighted by molar-refractivity contribution is 9.10. The number of rotatable bonds is 5. The molecule has 0 aliphatic rings. The smallest absolute Gasteiger partial charge is 0.293 e. The molecule has 2 rings (SSSR count). The summed E-state index contributed by atoms with van der Waals surface area (Å²) in [5.74, 6) is -0.821. The fourth-order valence-electron chi connectivity index (χ4n) is 1.53. The van der Waals surface area contributed by atoms with Gasteiger partial charge < -0.3 is 10.1 Å². The van der Waals surface area contributed by atoms with Crippen LogP contribution in [0.4, 0.5) is 8.78 Å². The molecule has 7 heteroatoms. The molecule has 1 unspecified atom stereocenters. The van der Waals surface area contributed by atoms with E-state index in [-0.39, 0.29) is 6.04 Å². The van der Waals surface area contributed by atoms with E-state index in [0.29, 0.717) is 13.1 Å². The first kappa shape index (κ1) is 18.2. The number of nitrogens with zero attached hydrogens (tertiary/aromatic N) is 1. The van der Waals surface area contributed by atoms with Crippen LogP contribution >= 0.6 is 15.9 Å². The highest BCUT2D eigenvalue weighted by Gasteiger charge is 2.09. The van der Waals surface area contributed by atoms with Gasteiger partial charge >= 0.3 is 0 Å². The van der Waals surface area contributed by atoms with Gasteiger partial charge in [-0.3, -0.25) is 9.78 Å². The summed E-state index contributed by atoms with van der Waals surface area (Å²) in [6.07, 6.45) is 3.44. The molecule has 4 nitrogen and oxygen atoms in total. The largest absolute Gasteiger partial charge is 0.466 e. The van der Waals surface area contributed by atoms with Crippen LogP contribution in [0.5, 0.6) is 0 Å². The van der Waals surface area contributed by atoms with Crippen molar-refractivity contribution in [2.75, 3.05) is 13.7 Å². The Hall–Kier alpha value is -1.86. The van der Waals surface area contributed by atoms with Gasteiger partial charge in [-0.2, -0.15) is 0 Å². The molecule has 0 saturated heterocycles. The van der Waals surface area contributed by atoms with Gasteiger partial charge in [-0.15, -0.1) is 0 Å². The van der Waals surface area contributed by atoms with E-state index in [2.05, 4.69) is 26.2 Å². The Labute approximate surface area is 135 Å². The molecule has 118 valence electrons. The maximum Gasteiger partial charge on any atom is 0.293 e. The van der Waals surface area contributed by atoms with Crippen molar-refractivity contribution in [1.82, 2.24) is 10.3 Å². The summed E-state index contributed by atoms with van der Waals surface area (Å²) in [7, 11) is 1.81. The minimum absolute atomic E-state index is 0.0230. The van der Waals surface area contributed by atoms with Crippen LogP contribution in [0.25, 0.3) is 0 Å². The lowest BCUT2D eigenvalue weighted by Crippen LogP contribution is -2.21. The van der Waals surface area contributed by atoms with Crippen molar-refractivity contribution in [3.63, 3.8) is 0 Å². The van der Waals surface area contributed by atoms with Crippen molar-refractivity contribution in [3.05, 3.63) is 64.4 Å². The van der Waals surface area contributed by atoms with Crippen molar-refractivity contribution >= 4 is 22.4 Å². The monoisotopic (exact) mass is 372 g/mol. The highest BCUT2D eigenvalue weighted by atomic mass is 79.9. The topological polar surface area (TPSA) is 51.2 Å². The van der Waals surface area contributed by atoms with E-state index in [1.807, 2.05) is 6.07 Å². The van der Waals surface area contributed by atoms with E-state index >= 15 is 0 Å². The first-order chi connectivity index (χ1) is 10.6. The van der Waals surface area contributed by atoms with Gasteiger partial charge in [0.15, 0.2) is 0 Å². The summed E-state index contributed by atoms with van der Waals surface area (Å²) in [6, 6.07) is 6.22. The van der Waals surface area contributed by atoms with Crippen LogP contribution in [0.15, 0.2) is 47.2 Å². The summed E-state index contributed by atoms with van der Waals surface area (Å²) >= 11 is 3.33. The first-order valence-electron chi connectivity index (χ1n) is 6.31. The van der Waals surface area contributed by atoms with Crippen molar-refractivity contribution in [3.8, 4) is 0 Å². The minimum atomic E-state index is -0.411. The Balaban J connectivity index is 0.000000255. The Morgan fingerprint density at radius 2 is 1.86 bits per heavy atom. The van der Waals surface area contributed by atoms with Crippen molar-refractivity contribution < 1.29 is 18.3 Å². The molecule has 0 amide bonds. The van der Waals surface area contributed by atoms with Crippen LogP contribution < -0.4 is 5.32 Å². The van der Waals surface area contributed by atoms with E-state index in [1.54, 1.807) is 19.4 Å². The van der Waals surface area contributed by atoms with E-state index in [0.717, 1.165) is 34.3 Å². The predicted molar refractivity (Wildman–Crippen MR) is 82.1 cm³/mol. The lowest BCUT2D eigenvalue weighted by molar-refractivity contribution is -0.129. The molecule has 1 N–H and O–H groups in total. The number of carbonyl (C=O) groups excluding carboxylic acids is 1. The molecule has 2 aromatic rings. The summed E-state index contributed by atoms with van der Waals surface area (Å²) in [6.45, 7) is 0.744. The van der Waals surface area contributed by atoms with Crippen LogP contribution in [-0.2, 0) is 9.53 Å². The molecule has 0 aliphatic carbocycles. The molecule has 0 saturated carbocycles. The molecule has 1 aromatic carbocycles. The Morgan fingerprint density at radius 3 is 2.32 bits per heavy atom. The number of benzene rings is 1. The third kappa shape index (κ3) is 6.73. The molecule has 0 radical (unpaired) electrons. The van der Waals surface area contributed by atoms with Crippen LogP contribution in [0, 0.1) is 11.6 Å². The van der Waals surface area contributed by atoms with E-state index in [4.69, 9.17) is 4.74 Å². The summed E-state index contributed by atoms with van der Waals surface area (Å²) in [5, 5.41) is 3.04. The van der Waals surface area contributed by atoms with Crippen molar-refractivity contribution in [2.24, 2.45) is 0 Å². The Bertz CT molecular complexity index is 561. The number of hydrogen-bond acceptors (Lipinski definition) is 4. The van der Waals surface area contributed by atoms with Gasteiger partial charge in [0.2, 0.25) is 0 Å². The van der Waals surface area contributed by atoms with Crippen molar-refractivity contribution in [2.45, 2.75) is 6.04 Å². The fraction of sp³-hybridized carbons (Fsp3) is 0.200. The number of carbonyl (C=O) groups is 1. The first-order valence-corrected chi connectivity index (χ1v) is 7.10. The summed E-state index contributed by atoms with van der Waals surface area (Å²) in [5.41, 5.74) is 0.976. The van der Waals surface area contributed by atoms with Crippen LogP contribution in [-0.4, -0.2) is 25.1 Å². The lowest BCUT2D eigenvalue weighted by atomic mass is 10.1. The number of pyridine rings is 1. The highest BCUT2D eigenvalue weighted by Crippen LogP contribution is 2.16. The number of hydrogen-bond donors (Lipinski definition) is 1. The number of ether oxygens (including phenoxy) is 1. The maximum absolute atomic E-state index is 11.9. The van der Waals surface area contributed by atoms with Gasteiger partial charge in [-0.1, -0.05) is 0 Å². The van der Waals surface area contributed by atoms with Gasteiger partial charge in [-0.05, 0) is 58.9 Å². The second-order valence-electron chi connectivity index (χ2n) is 4.14. The zero-order valence-electron chi connectivity index (χ0n) is 11.8. The lowest BCUT2D eigenvalue weighted by Gasteiger charge is -2.14. The number of likely N-dealkylation sites (N-methyl/N-ethyl adjacent to an activating group) is 1. The van der Waals surface area contributed by atoms with Gasteiger partial charge in [0, 0.05) is 16.9 Å². The zero-order chi connectivity index (χ0) is 16.4. The third-order valence-corrected chi connectivity index (χ3v) is 3.05. The predicted octanol–water partition coefficient (Wildman–Crippen LogP) is 3.24. The van der Waals surface area contributed by atoms with Gasteiger partial charge in [0.05, 0.1) is 6.04 Å². The zero-order valence-corrected chi connectivity index (χ0v) is 13.4. The van der Waals surface area contributed by atoms with E-state index < -0.39 is 11.6 Å². The molecule has 22 heavy (non-hydrogen) atoms. The molecule has 0 fully saturated rings. The number of nitrogens with one attached hydrogen (secondary N) is 1. The molecule has 1 aromatic heterocycles. The Kier molecular flexibility index (Phi) is 8.24. The van der Waals surface area contributed by atoms with Gasteiger partial charge in [-0.25, -0.2) is 8.78 Å². The quantitative estimate of drug-likeness (QED) is 0.818. The molecule has 0 spiro atoms. The van der Waals surface area contributed by atoms with Crippen molar-refractivity contribution in [1.29, 1.82) is 0 Å². The second-order valence-corrected chi connectivity index (χ2v) is 5.06. The molecular formula is C15H15BrF2N2O2. The van der Waals surface area contributed by atoms with Gasteiger partial charge in [0.1, 0.15) is 18.2 Å². The molecule has 1 heterocycles. The average Bonchev–Trinajstić information content (AvgIpc) is 2.52. The molecular weight excluding hydrogens is 358 g/mol. The Morgan fingerprint density at radius 1 is 1.27 bits per heavy atom. The van der Waals surface area contributed by atoms with Crippen LogP contribution in [0.3, 0.4) is 0 Å². The number of aromatic nitrogens is 1. The molecule has 0 aliphatic heterocycles. The SMILES string of the molecule is CNC(COC=O)c1cncc(Br)c1.Fc1ccc(F)cc1. The van der Waals surface area contributed by atoms with E-state index in [9.17, 15) is 13.6 Å². The summed E-state index contributed by atoms with van der Waals surface area (Å²) in [4.78, 5) is 14.1. The van der Waals surface area contributed by atoms with Gasteiger partial charge in [0.25, 0.3) is 6.47 Å². The fourth-order valence-corrected chi connectivity index (χ4v) is 1.91. The molecule has 1 atom stereocenters. The third-order valence-electron chi connectivity index (χ3n) is 2.61. The number of halogens is 3. The molecule has 0 bridgehead atoms. The van der Waals surface area contributed by atoms with Crippen LogP contribution in [0.1, 0.15) is 11.6 Å². The van der Waals surface area contributed by atoms with E-state index in [1.165, 1.54) is 0 Å². The normalized spacial score (nSPS) is 11.1. The van der Waals surface area contributed by atoms with Crippen LogP contribution in [0.2, 0.25) is 0 Å².